The van der Waals surface area contributed by atoms with Gasteiger partial charge in [-0.15, -0.1) is 6.58 Å². The van der Waals surface area contributed by atoms with E-state index in [1.54, 1.807) is 12.3 Å². The van der Waals surface area contributed by atoms with Gasteiger partial charge in [-0.05, 0) is 39.7 Å². The van der Waals surface area contributed by atoms with E-state index in [1.165, 1.54) is 0 Å². The Bertz CT molecular complexity index is 484. The minimum Gasteiger partial charge on any atom is -0.399 e. The van der Waals surface area contributed by atoms with Crippen LogP contribution in [0.3, 0.4) is 0 Å². The van der Waals surface area contributed by atoms with Crippen LogP contribution in [-0.2, 0) is 15.7 Å². The van der Waals surface area contributed by atoms with Gasteiger partial charge in [0.15, 0.2) is 0 Å². The molecule has 0 radical (unpaired) electrons. The van der Waals surface area contributed by atoms with Crippen molar-refractivity contribution in [3.05, 3.63) is 30.5 Å². The van der Waals surface area contributed by atoms with Gasteiger partial charge in [0.25, 0.3) is 0 Å². The smallest absolute Gasteiger partial charge is 0.399 e. The molecule has 2 N–H and O–H groups in total. The molecule has 1 aromatic heterocycles. The number of aromatic nitrogens is 1. The maximum absolute atomic E-state index is 5.99. The molecule has 1 saturated heterocycles. The molecule has 4 nitrogen and oxygen atoms in total. The zero-order valence-electron chi connectivity index (χ0n) is 12.1. The van der Waals surface area contributed by atoms with Gasteiger partial charge in [-0.25, -0.2) is 4.98 Å². The first-order valence-corrected chi connectivity index (χ1v) is 6.47. The van der Waals surface area contributed by atoms with Crippen LogP contribution in [0.25, 0.3) is 0 Å². The van der Waals surface area contributed by atoms with Crippen LogP contribution in [0.4, 0.5) is 5.82 Å². The monoisotopic (exact) mass is 260 g/mol. The standard InChI is InChI=1S/C14H21BN2O2/c1-6-7-10-8-11(9-17-12(10)16)15-18-13(2,3)14(4,5)19-15/h6,8-9H,1,7H2,2-5H3,(H2,16,17). The summed E-state index contributed by atoms with van der Waals surface area (Å²) in [5, 5.41) is 0. The van der Waals surface area contributed by atoms with Crippen LogP contribution in [0.1, 0.15) is 33.3 Å². The first-order chi connectivity index (χ1) is 8.77. The summed E-state index contributed by atoms with van der Waals surface area (Å²) in [5.41, 5.74) is 6.98. The van der Waals surface area contributed by atoms with Crippen molar-refractivity contribution in [3.8, 4) is 0 Å². The van der Waals surface area contributed by atoms with Gasteiger partial charge < -0.3 is 15.0 Å². The summed E-state index contributed by atoms with van der Waals surface area (Å²) in [6.07, 6.45) is 4.21. The topological polar surface area (TPSA) is 57.4 Å². The van der Waals surface area contributed by atoms with Crippen molar-refractivity contribution >= 4 is 18.4 Å². The van der Waals surface area contributed by atoms with E-state index in [-0.39, 0.29) is 11.2 Å². The highest BCUT2D eigenvalue weighted by Crippen LogP contribution is 2.36. The van der Waals surface area contributed by atoms with E-state index in [4.69, 9.17) is 15.0 Å². The minimum absolute atomic E-state index is 0.350. The first kappa shape index (κ1) is 14.1. The van der Waals surface area contributed by atoms with E-state index in [0.717, 1.165) is 11.0 Å². The predicted octanol–water partition coefficient (Wildman–Crippen LogP) is 1.69. The molecule has 0 unspecified atom stereocenters. The van der Waals surface area contributed by atoms with Crippen LogP contribution in [0.15, 0.2) is 24.9 Å². The Morgan fingerprint density at radius 1 is 1.32 bits per heavy atom. The van der Waals surface area contributed by atoms with E-state index >= 15 is 0 Å². The maximum atomic E-state index is 5.99. The SMILES string of the molecule is C=CCc1cc(B2OC(C)(C)C(C)(C)O2)cnc1N. The summed E-state index contributed by atoms with van der Waals surface area (Å²) in [7, 11) is -0.401. The molecule has 1 aliphatic rings. The van der Waals surface area contributed by atoms with Crippen molar-refractivity contribution in [2.24, 2.45) is 0 Å². The summed E-state index contributed by atoms with van der Waals surface area (Å²) in [6.45, 7) is 11.8. The molecule has 2 heterocycles. The number of nitrogens with two attached hydrogens (primary N) is 1. The molecule has 1 fully saturated rings. The molecule has 1 aliphatic heterocycles. The van der Waals surface area contributed by atoms with E-state index in [2.05, 4.69) is 11.6 Å². The second-order valence-electron chi connectivity index (χ2n) is 5.89. The highest BCUT2D eigenvalue weighted by atomic mass is 16.7. The fourth-order valence-electron chi connectivity index (χ4n) is 1.97. The second-order valence-corrected chi connectivity index (χ2v) is 5.89. The third kappa shape index (κ3) is 2.53. The number of nitrogens with zero attached hydrogens (tertiary/aromatic N) is 1. The zero-order valence-corrected chi connectivity index (χ0v) is 12.1. The van der Waals surface area contributed by atoms with Crippen molar-refractivity contribution in [2.75, 3.05) is 5.73 Å². The molecule has 0 aliphatic carbocycles. The van der Waals surface area contributed by atoms with E-state index in [9.17, 15) is 0 Å². The highest BCUT2D eigenvalue weighted by molar-refractivity contribution is 6.62. The number of pyridine rings is 1. The van der Waals surface area contributed by atoms with Gasteiger partial charge in [0, 0.05) is 11.7 Å². The van der Waals surface area contributed by atoms with Crippen molar-refractivity contribution in [1.29, 1.82) is 0 Å². The van der Waals surface area contributed by atoms with Gasteiger partial charge in [0.1, 0.15) is 5.82 Å². The van der Waals surface area contributed by atoms with E-state index in [1.807, 2.05) is 33.8 Å². The van der Waals surface area contributed by atoms with Gasteiger partial charge >= 0.3 is 7.12 Å². The van der Waals surface area contributed by atoms with Crippen molar-refractivity contribution in [1.82, 2.24) is 4.98 Å². The Morgan fingerprint density at radius 2 is 1.89 bits per heavy atom. The summed E-state index contributed by atoms with van der Waals surface area (Å²) < 4.78 is 12.0. The second kappa shape index (κ2) is 4.65. The lowest BCUT2D eigenvalue weighted by Crippen LogP contribution is -2.41. The Morgan fingerprint density at radius 3 is 2.42 bits per heavy atom. The number of allylic oxidation sites excluding steroid dienone is 1. The Kier molecular flexibility index (Phi) is 3.45. The number of anilines is 1. The summed E-state index contributed by atoms with van der Waals surface area (Å²) >= 11 is 0. The van der Waals surface area contributed by atoms with Crippen molar-refractivity contribution < 1.29 is 9.31 Å². The van der Waals surface area contributed by atoms with Crippen LogP contribution in [0, 0.1) is 0 Å². The Balaban J connectivity index is 2.29. The van der Waals surface area contributed by atoms with E-state index < -0.39 is 7.12 Å². The number of hydrogen-bond donors (Lipinski definition) is 1. The van der Waals surface area contributed by atoms with Gasteiger partial charge in [-0.2, -0.15) is 0 Å². The van der Waals surface area contributed by atoms with Crippen molar-refractivity contribution in [2.45, 2.75) is 45.3 Å². The molecule has 2 rings (SSSR count). The number of nitrogen functional groups attached to an aromatic ring is 1. The third-order valence-corrected chi connectivity index (χ3v) is 3.91. The molecule has 0 bridgehead atoms. The molecule has 0 amide bonds. The minimum atomic E-state index is -0.401. The summed E-state index contributed by atoms with van der Waals surface area (Å²) in [6, 6.07) is 1.98. The largest absolute Gasteiger partial charge is 0.496 e. The molecule has 19 heavy (non-hydrogen) atoms. The zero-order chi connectivity index (χ0) is 14.3. The molecule has 1 aromatic rings. The molecular weight excluding hydrogens is 239 g/mol. The van der Waals surface area contributed by atoms with Crippen molar-refractivity contribution in [3.63, 3.8) is 0 Å². The van der Waals surface area contributed by atoms with Crippen LogP contribution >= 0.6 is 0 Å². The average Bonchev–Trinajstić information content (AvgIpc) is 2.51. The summed E-state index contributed by atoms with van der Waals surface area (Å²) in [5.74, 6) is 0.528. The predicted molar refractivity (Wildman–Crippen MR) is 78.3 cm³/mol. The van der Waals surface area contributed by atoms with Gasteiger partial charge in [0.05, 0.1) is 11.2 Å². The van der Waals surface area contributed by atoms with Crippen LogP contribution in [0.2, 0.25) is 0 Å². The molecular formula is C14H21BN2O2. The molecule has 0 atom stereocenters. The molecule has 0 spiro atoms. The normalized spacial score (nSPS) is 20.5. The van der Waals surface area contributed by atoms with E-state index in [0.29, 0.717) is 12.2 Å². The first-order valence-electron chi connectivity index (χ1n) is 6.47. The van der Waals surface area contributed by atoms with Crippen LogP contribution in [0.5, 0.6) is 0 Å². The molecule has 0 aromatic carbocycles. The lowest BCUT2D eigenvalue weighted by Gasteiger charge is -2.32. The van der Waals surface area contributed by atoms with Gasteiger partial charge in [-0.3, -0.25) is 0 Å². The average molecular weight is 260 g/mol. The van der Waals surface area contributed by atoms with Crippen LogP contribution < -0.4 is 11.2 Å². The third-order valence-electron chi connectivity index (χ3n) is 3.91. The fraction of sp³-hybridized carbons (Fsp3) is 0.500. The van der Waals surface area contributed by atoms with Crippen LogP contribution in [-0.4, -0.2) is 23.3 Å². The summed E-state index contributed by atoms with van der Waals surface area (Å²) in [4.78, 5) is 4.21. The van der Waals surface area contributed by atoms with Gasteiger partial charge in [0.2, 0.25) is 0 Å². The lowest BCUT2D eigenvalue weighted by atomic mass is 9.79. The fourth-order valence-corrected chi connectivity index (χ4v) is 1.97. The maximum Gasteiger partial charge on any atom is 0.496 e. The highest BCUT2D eigenvalue weighted by Gasteiger charge is 2.51. The lowest BCUT2D eigenvalue weighted by molar-refractivity contribution is 0.00578. The number of rotatable bonds is 3. The van der Waals surface area contributed by atoms with Gasteiger partial charge in [-0.1, -0.05) is 12.1 Å². The quantitative estimate of drug-likeness (QED) is 0.663. The Hall–Kier alpha value is -1.33. The Labute approximate surface area is 115 Å². The molecule has 5 heteroatoms. The molecule has 0 saturated carbocycles. The molecule has 102 valence electrons. The number of hydrogen-bond acceptors (Lipinski definition) is 4.